The highest BCUT2D eigenvalue weighted by Crippen LogP contribution is 2.42. The minimum absolute atomic E-state index is 0.0111. The highest BCUT2D eigenvalue weighted by atomic mass is 16.9. The molecule has 0 aliphatic rings. The van der Waals surface area contributed by atoms with Crippen LogP contribution < -0.4 is 14.2 Å². The van der Waals surface area contributed by atoms with Crippen LogP contribution in [0.15, 0.2) is 60.7 Å². The Morgan fingerprint density at radius 1 is 0.447 bits per heavy atom. The van der Waals surface area contributed by atoms with Crippen molar-refractivity contribution in [1.29, 1.82) is 0 Å². The largest absolute Gasteiger partial charge is 0.507 e. The molecule has 0 heterocycles. The van der Waals surface area contributed by atoms with E-state index in [4.69, 9.17) is 14.2 Å². The first-order chi connectivity index (χ1) is 17.9. The minimum atomic E-state index is -1.82. The topological polar surface area (TPSA) is 47.9 Å². The lowest BCUT2D eigenvalue weighted by Crippen LogP contribution is -2.46. The smallest absolute Gasteiger partial charge is 0.451 e. The Morgan fingerprint density at radius 3 is 1.13 bits per heavy atom. The first-order valence-corrected chi connectivity index (χ1v) is 13.0. The summed E-state index contributed by atoms with van der Waals surface area (Å²) < 4.78 is 20.4. The lowest BCUT2D eigenvalue weighted by molar-refractivity contribution is -0.265. The molecule has 0 unspecified atom stereocenters. The number of hydrogen-bond acceptors (Lipinski definition) is 4. The van der Waals surface area contributed by atoms with Gasteiger partial charge in [0.2, 0.25) is 0 Å². The van der Waals surface area contributed by atoms with E-state index in [0.29, 0.717) is 22.8 Å². The number of phenolic OH excluding ortho intramolecular Hbond substituents is 1. The van der Waals surface area contributed by atoms with Gasteiger partial charge < -0.3 is 19.3 Å². The molecule has 4 nitrogen and oxygen atoms in total. The lowest BCUT2D eigenvalue weighted by Gasteiger charge is -2.36. The number of benzene rings is 4. The molecule has 4 rings (SSSR count). The first kappa shape index (κ1) is 27.1. The summed E-state index contributed by atoms with van der Waals surface area (Å²) in [4.78, 5) is 0. The molecule has 0 bridgehead atoms. The maximum Gasteiger partial charge on any atom is 0.451 e. The van der Waals surface area contributed by atoms with Crippen LogP contribution in [0.2, 0.25) is 0 Å². The lowest BCUT2D eigenvalue weighted by atomic mass is 10.0. The summed E-state index contributed by atoms with van der Waals surface area (Å²) >= 11 is 0. The summed E-state index contributed by atoms with van der Waals surface area (Å²) in [6.45, 7) is 18.5. The van der Waals surface area contributed by atoms with E-state index in [2.05, 4.69) is 41.5 Å². The maximum atomic E-state index is 11.1. The molecule has 1 N–H and O–H groups in total. The Hall–Kier alpha value is -3.92. The monoisotopic (exact) mass is 510 g/mol. The van der Waals surface area contributed by atoms with Gasteiger partial charge in [0.25, 0.3) is 0 Å². The van der Waals surface area contributed by atoms with Gasteiger partial charge in [-0.25, -0.2) is 0 Å². The van der Waals surface area contributed by atoms with Crippen molar-refractivity contribution < 1.29 is 19.3 Å². The Labute approximate surface area is 226 Å². The number of aromatic hydroxyl groups is 1. The molecule has 4 heteroatoms. The Balaban J connectivity index is 2.01. The van der Waals surface area contributed by atoms with Crippen molar-refractivity contribution in [2.75, 3.05) is 0 Å². The van der Waals surface area contributed by atoms with Crippen LogP contribution >= 0.6 is 0 Å². The third-order valence-corrected chi connectivity index (χ3v) is 7.99. The second-order valence-corrected chi connectivity index (χ2v) is 10.3. The van der Waals surface area contributed by atoms with Crippen LogP contribution in [0.4, 0.5) is 0 Å². The molecule has 0 saturated carbocycles. The molecule has 4 aromatic rings. The minimum Gasteiger partial charge on any atom is -0.507 e. The van der Waals surface area contributed by atoms with Crippen LogP contribution in [-0.4, -0.2) is 5.11 Å². The van der Waals surface area contributed by atoms with Gasteiger partial charge in [0, 0.05) is 0 Å². The van der Waals surface area contributed by atoms with E-state index in [0.717, 1.165) is 33.4 Å². The van der Waals surface area contributed by atoms with E-state index in [1.807, 2.05) is 63.2 Å². The predicted molar refractivity (Wildman–Crippen MR) is 154 cm³/mol. The van der Waals surface area contributed by atoms with Gasteiger partial charge in [-0.05, 0) is 143 Å². The van der Waals surface area contributed by atoms with Gasteiger partial charge in [0.15, 0.2) is 0 Å². The van der Waals surface area contributed by atoms with Crippen LogP contribution in [-0.2, 0) is 5.97 Å². The number of aryl methyl sites for hydroxylation is 3. The highest BCUT2D eigenvalue weighted by Gasteiger charge is 2.45. The molecule has 0 radical (unpaired) electrons. The molecule has 0 atom stereocenters. The predicted octanol–water partition coefficient (Wildman–Crippen LogP) is 8.52. The SMILES string of the molecule is Cc1ccc(OC(Oc2ccc(C)c(C)c2C)(Oc2ccc(C)c(C)c2C)c2ccccc2O)c(C)c1C. The summed E-state index contributed by atoms with van der Waals surface area (Å²) in [6.07, 6.45) is 0. The van der Waals surface area contributed by atoms with Gasteiger partial charge in [-0.1, -0.05) is 30.3 Å². The number of ether oxygens (including phenoxy) is 3. The van der Waals surface area contributed by atoms with Crippen molar-refractivity contribution in [3.63, 3.8) is 0 Å². The van der Waals surface area contributed by atoms with E-state index in [1.165, 1.54) is 16.7 Å². The van der Waals surface area contributed by atoms with Crippen LogP contribution in [0.5, 0.6) is 23.0 Å². The summed E-state index contributed by atoms with van der Waals surface area (Å²) in [7, 11) is 0. The maximum absolute atomic E-state index is 11.1. The fraction of sp³-hybridized carbons (Fsp3) is 0.294. The van der Waals surface area contributed by atoms with Crippen molar-refractivity contribution in [2.24, 2.45) is 0 Å². The number of phenols is 1. The third kappa shape index (κ3) is 4.96. The summed E-state index contributed by atoms with van der Waals surface area (Å²) in [6, 6.07) is 18.9. The van der Waals surface area contributed by atoms with Crippen LogP contribution in [0.3, 0.4) is 0 Å². The van der Waals surface area contributed by atoms with E-state index < -0.39 is 5.97 Å². The molecule has 0 spiro atoms. The van der Waals surface area contributed by atoms with Gasteiger partial charge in [-0.3, -0.25) is 0 Å². The fourth-order valence-corrected chi connectivity index (χ4v) is 4.52. The molecular formula is C34H38O4. The standard InChI is InChI=1S/C34H38O4/c1-20-14-17-31(26(7)23(20)4)36-34(29-12-10-11-13-30(29)35,37-32-18-15-21(2)24(5)27(32)8)38-33-19-16-22(3)25(6)28(33)9/h10-19,35H,1-9H3. The van der Waals surface area contributed by atoms with E-state index in [9.17, 15) is 5.11 Å². The second kappa shape index (κ2) is 10.4. The first-order valence-electron chi connectivity index (χ1n) is 13.0. The number of rotatable bonds is 7. The number of hydrogen-bond donors (Lipinski definition) is 1. The van der Waals surface area contributed by atoms with Gasteiger partial charge in [-0.2, -0.15) is 0 Å². The van der Waals surface area contributed by atoms with Gasteiger partial charge in [-0.15, -0.1) is 0 Å². The molecule has 198 valence electrons. The summed E-state index contributed by atoms with van der Waals surface area (Å²) in [5, 5.41) is 11.1. The van der Waals surface area contributed by atoms with Crippen molar-refractivity contribution in [2.45, 2.75) is 68.3 Å². The van der Waals surface area contributed by atoms with Crippen LogP contribution in [0.25, 0.3) is 0 Å². The van der Waals surface area contributed by atoms with E-state index in [-0.39, 0.29) is 5.75 Å². The van der Waals surface area contributed by atoms with Gasteiger partial charge in [0.1, 0.15) is 28.6 Å². The van der Waals surface area contributed by atoms with Crippen molar-refractivity contribution in [3.8, 4) is 23.0 Å². The van der Waals surface area contributed by atoms with Crippen molar-refractivity contribution >= 4 is 0 Å². The zero-order valence-corrected chi connectivity index (χ0v) is 23.9. The molecule has 38 heavy (non-hydrogen) atoms. The molecule has 0 fully saturated rings. The average Bonchev–Trinajstić information content (AvgIpc) is 2.90. The molecule has 0 aliphatic carbocycles. The normalized spacial score (nSPS) is 11.4. The summed E-state index contributed by atoms with van der Waals surface area (Å²) in [5.74, 6) is 0.0198. The Morgan fingerprint density at radius 2 is 0.789 bits per heavy atom. The van der Waals surface area contributed by atoms with Gasteiger partial charge >= 0.3 is 5.97 Å². The third-order valence-electron chi connectivity index (χ3n) is 7.99. The van der Waals surface area contributed by atoms with Gasteiger partial charge in [0.05, 0.1) is 0 Å². The molecule has 4 aromatic carbocycles. The van der Waals surface area contributed by atoms with Crippen LogP contribution in [0, 0.1) is 62.3 Å². The zero-order chi connectivity index (χ0) is 27.8. The highest BCUT2D eigenvalue weighted by molar-refractivity contribution is 5.48. The molecule has 0 amide bonds. The summed E-state index contributed by atoms with van der Waals surface area (Å²) in [5.41, 5.74) is 10.2. The van der Waals surface area contributed by atoms with Crippen molar-refractivity contribution in [1.82, 2.24) is 0 Å². The van der Waals surface area contributed by atoms with Crippen molar-refractivity contribution in [3.05, 3.63) is 116 Å². The fourth-order valence-electron chi connectivity index (χ4n) is 4.52. The zero-order valence-electron chi connectivity index (χ0n) is 23.9. The molecule has 0 aromatic heterocycles. The molecule has 0 aliphatic heterocycles. The average molecular weight is 511 g/mol. The van der Waals surface area contributed by atoms with E-state index in [1.54, 1.807) is 18.2 Å². The molecular weight excluding hydrogens is 472 g/mol. The number of para-hydroxylation sites is 1. The molecule has 0 saturated heterocycles. The Kier molecular flexibility index (Phi) is 7.46. The Bertz CT molecular complexity index is 1360. The second-order valence-electron chi connectivity index (χ2n) is 10.3. The quantitative estimate of drug-likeness (QED) is 0.253. The van der Waals surface area contributed by atoms with Crippen LogP contribution in [0.1, 0.15) is 55.6 Å². The van der Waals surface area contributed by atoms with E-state index >= 15 is 0 Å².